The Balaban J connectivity index is 2.66. The van der Waals surface area contributed by atoms with E-state index >= 15 is 0 Å². The first-order chi connectivity index (χ1) is 5.27. The summed E-state index contributed by atoms with van der Waals surface area (Å²) in [6.45, 7) is 2.01. The van der Waals surface area contributed by atoms with Crippen LogP contribution in [0.4, 0.5) is 0 Å². The molecular formula is C8H7NOS. The molecule has 0 N–H and O–H groups in total. The van der Waals surface area contributed by atoms with E-state index in [1.165, 1.54) is 5.56 Å². The van der Waals surface area contributed by atoms with Gasteiger partial charge in [-0.25, -0.2) is 4.21 Å². The fourth-order valence-corrected chi connectivity index (χ4v) is 1.91. The highest BCUT2D eigenvalue weighted by molar-refractivity contribution is 7.84. The maximum atomic E-state index is 11.1. The highest BCUT2D eigenvalue weighted by atomic mass is 32.2. The van der Waals surface area contributed by atoms with E-state index in [2.05, 4.69) is 4.40 Å². The second-order valence-corrected chi connectivity index (χ2v) is 3.67. The molecule has 0 saturated heterocycles. The van der Waals surface area contributed by atoms with Crippen LogP contribution in [0.3, 0.4) is 0 Å². The molecule has 56 valence electrons. The van der Waals surface area contributed by atoms with Gasteiger partial charge in [-0.2, -0.15) is 4.40 Å². The van der Waals surface area contributed by atoms with Crippen LogP contribution in [-0.4, -0.2) is 10.4 Å². The first-order valence-corrected chi connectivity index (χ1v) is 4.45. The number of fused-ring (bicyclic) bond motifs is 1. The maximum absolute atomic E-state index is 11.1. The largest absolute Gasteiger partial charge is 0.229 e. The van der Waals surface area contributed by atoms with E-state index in [0.29, 0.717) is 0 Å². The predicted molar refractivity (Wildman–Crippen MR) is 45.2 cm³/mol. The molecular weight excluding hydrogens is 158 g/mol. The van der Waals surface area contributed by atoms with Crippen LogP contribution < -0.4 is 0 Å². The molecule has 0 bridgehead atoms. The maximum Gasteiger partial charge on any atom is 0.173 e. The third-order valence-corrected chi connectivity index (χ3v) is 2.69. The Hall–Kier alpha value is -0.960. The number of benzene rings is 1. The van der Waals surface area contributed by atoms with Crippen molar-refractivity contribution >= 4 is 17.2 Å². The number of hydrogen-bond donors (Lipinski definition) is 0. The van der Waals surface area contributed by atoms with Crippen molar-refractivity contribution in [1.82, 2.24) is 0 Å². The van der Waals surface area contributed by atoms with Gasteiger partial charge in [-0.1, -0.05) is 11.6 Å². The van der Waals surface area contributed by atoms with Crippen molar-refractivity contribution in [2.75, 3.05) is 0 Å². The molecule has 2 rings (SSSR count). The van der Waals surface area contributed by atoms with Crippen molar-refractivity contribution in [2.24, 2.45) is 4.40 Å². The van der Waals surface area contributed by atoms with Crippen molar-refractivity contribution in [3.05, 3.63) is 29.3 Å². The number of hydrogen-bond acceptors (Lipinski definition) is 1. The zero-order valence-electron chi connectivity index (χ0n) is 6.07. The van der Waals surface area contributed by atoms with Gasteiger partial charge in [-0.15, -0.1) is 0 Å². The van der Waals surface area contributed by atoms with Gasteiger partial charge in [0.25, 0.3) is 0 Å². The molecule has 0 amide bonds. The molecule has 3 heteroatoms. The van der Waals surface area contributed by atoms with Gasteiger partial charge in [0.2, 0.25) is 0 Å². The Bertz CT molecular complexity index is 357. The van der Waals surface area contributed by atoms with Crippen molar-refractivity contribution in [3.63, 3.8) is 0 Å². The van der Waals surface area contributed by atoms with E-state index in [4.69, 9.17) is 0 Å². The Labute approximate surface area is 67.6 Å². The van der Waals surface area contributed by atoms with Gasteiger partial charge in [0.05, 0.1) is 4.90 Å². The van der Waals surface area contributed by atoms with E-state index in [1.54, 1.807) is 6.21 Å². The molecule has 11 heavy (non-hydrogen) atoms. The van der Waals surface area contributed by atoms with Gasteiger partial charge >= 0.3 is 0 Å². The smallest absolute Gasteiger partial charge is 0.173 e. The third kappa shape index (κ3) is 1.01. The number of rotatable bonds is 0. The van der Waals surface area contributed by atoms with Crippen molar-refractivity contribution < 1.29 is 4.21 Å². The van der Waals surface area contributed by atoms with Crippen molar-refractivity contribution in [1.29, 1.82) is 0 Å². The summed E-state index contributed by atoms with van der Waals surface area (Å²) >= 11 is 0. The van der Waals surface area contributed by atoms with Crippen molar-refractivity contribution in [3.8, 4) is 0 Å². The lowest BCUT2D eigenvalue weighted by Crippen LogP contribution is -1.85. The van der Waals surface area contributed by atoms with E-state index < -0.39 is 11.0 Å². The Morgan fingerprint density at radius 3 is 3.09 bits per heavy atom. The summed E-state index contributed by atoms with van der Waals surface area (Å²) in [4.78, 5) is 0.829. The minimum Gasteiger partial charge on any atom is -0.229 e. The summed E-state index contributed by atoms with van der Waals surface area (Å²) in [5, 5.41) is 0. The third-order valence-electron chi connectivity index (χ3n) is 1.64. The molecule has 0 saturated carbocycles. The molecule has 0 spiro atoms. The molecule has 0 radical (unpaired) electrons. The highest BCUT2D eigenvalue weighted by Gasteiger charge is 2.12. The quantitative estimate of drug-likeness (QED) is 0.572. The minimum atomic E-state index is -1.14. The standard InChI is InChI=1S/C8H7NOS/c1-6-2-3-8-7(4-6)5-9-11(8)10/h2-5H,1H3. The lowest BCUT2D eigenvalue weighted by atomic mass is 10.1. The summed E-state index contributed by atoms with van der Waals surface area (Å²) in [6, 6.07) is 5.81. The van der Waals surface area contributed by atoms with Crippen LogP contribution in [0.5, 0.6) is 0 Å². The molecule has 1 aliphatic heterocycles. The monoisotopic (exact) mass is 165 g/mol. The topological polar surface area (TPSA) is 29.4 Å². The second-order valence-electron chi connectivity index (χ2n) is 2.52. The fourth-order valence-electron chi connectivity index (χ4n) is 1.09. The first-order valence-electron chi connectivity index (χ1n) is 3.34. The normalized spacial score (nSPS) is 20.3. The number of nitrogens with zero attached hydrogens (tertiary/aromatic N) is 1. The van der Waals surface area contributed by atoms with E-state index in [9.17, 15) is 4.21 Å². The minimum absolute atomic E-state index is 0.829. The molecule has 0 aromatic heterocycles. The lowest BCUT2D eigenvalue weighted by molar-refractivity contribution is 0.685. The van der Waals surface area contributed by atoms with Gasteiger partial charge in [0.15, 0.2) is 11.0 Å². The number of aryl methyl sites for hydroxylation is 1. The molecule has 1 aromatic carbocycles. The van der Waals surface area contributed by atoms with Crippen LogP contribution in [0.25, 0.3) is 0 Å². The molecule has 1 atom stereocenters. The molecule has 1 unspecified atom stereocenters. The SMILES string of the molecule is Cc1ccc2c(c1)C=NS2=O. The highest BCUT2D eigenvalue weighted by Crippen LogP contribution is 2.19. The van der Waals surface area contributed by atoms with Gasteiger partial charge in [0, 0.05) is 11.8 Å². The van der Waals surface area contributed by atoms with Gasteiger partial charge in [-0.05, 0) is 19.1 Å². The average Bonchev–Trinajstić information content (AvgIpc) is 2.32. The van der Waals surface area contributed by atoms with Gasteiger partial charge < -0.3 is 0 Å². The van der Waals surface area contributed by atoms with Crippen molar-refractivity contribution in [2.45, 2.75) is 11.8 Å². The molecule has 2 nitrogen and oxygen atoms in total. The average molecular weight is 165 g/mol. The molecule has 0 fully saturated rings. The van der Waals surface area contributed by atoms with E-state index in [0.717, 1.165) is 10.5 Å². The zero-order chi connectivity index (χ0) is 7.84. The van der Waals surface area contributed by atoms with Crippen LogP contribution in [0.1, 0.15) is 11.1 Å². The van der Waals surface area contributed by atoms with Gasteiger partial charge in [-0.3, -0.25) is 0 Å². The molecule has 0 aliphatic carbocycles. The Morgan fingerprint density at radius 2 is 2.27 bits per heavy atom. The molecule has 1 heterocycles. The predicted octanol–water partition coefficient (Wildman–Crippen LogP) is 1.45. The molecule has 1 aromatic rings. The van der Waals surface area contributed by atoms with Crippen LogP contribution in [-0.2, 0) is 11.0 Å². The van der Waals surface area contributed by atoms with Crippen LogP contribution >= 0.6 is 0 Å². The lowest BCUT2D eigenvalue weighted by Gasteiger charge is -1.95. The Kier molecular flexibility index (Phi) is 1.39. The first kappa shape index (κ1) is 6.73. The summed E-state index contributed by atoms with van der Waals surface area (Å²) < 4.78 is 14.9. The van der Waals surface area contributed by atoms with E-state index in [1.807, 2.05) is 25.1 Å². The summed E-state index contributed by atoms with van der Waals surface area (Å²) in [5.41, 5.74) is 2.16. The fraction of sp³-hybridized carbons (Fsp3) is 0.125. The molecule has 1 aliphatic rings. The van der Waals surface area contributed by atoms with E-state index in [-0.39, 0.29) is 0 Å². The van der Waals surface area contributed by atoms with Gasteiger partial charge in [0.1, 0.15) is 0 Å². The van der Waals surface area contributed by atoms with Crippen LogP contribution in [0.2, 0.25) is 0 Å². The Morgan fingerprint density at radius 1 is 1.45 bits per heavy atom. The summed E-state index contributed by atoms with van der Waals surface area (Å²) in [7, 11) is -1.14. The van der Waals surface area contributed by atoms with Crippen LogP contribution in [0, 0.1) is 6.92 Å². The zero-order valence-corrected chi connectivity index (χ0v) is 6.89. The van der Waals surface area contributed by atoms with Crippen LogP contribution in [0.15, 0.2) is 27.5 Å². The summed E-state index contributed by atoms with van der Waals surface area (Å²) in [5.74, 6) is 0. The summed E-state index contributed by atoms with van der Waals surface area (Å²) in [6.07, 6.45) is 1.67. The second kappa shape index (κ2) is 2.27.